The largest absolute Gasteiger partial charge is 0.456 e. The third-order valence-corrected chi connectivity index (χ3v) is 30.4. The molecule has 0 atom stereocenters. The summed E-state index contributed by atoms with van der Waals surface area (Å²) in [4.78, 5) is 0. The molecule has 0 fully saturated rings. The molecular formula is C141H96O3. The highest BCUT2D eigenvalue weighted by Crippen LogP contribution is 2.59. The molecular weight excluding hydrogens is 1740 g/mol. The molecule has 3 aromatic heterocycles. The minimum Gasteiger partial charge on any atom is -0.456 e. The van der Waals surface area contributed by atoms with Crippen molar-refractivity contribution in [3.8, 4) is 134 Å². The number of hydrogen-bond donors (Lipinski definition) is 0. The van der Waals surface area contributed by atoms with Crippen molar-refractivity contribution < 1.29 is 46.1 Å². The standard InChI is InChI=1S/3C47H32O/c1-47(2)39-21-9-7-17-36(39)45-38(20-11-22-40(45)47)44-34-15-5-3-13-32(34)43(33-14-4-6-16-35(33)44)30-27-25-29(26-28-30)31-19-12-24-42-46(31)37-18-8-10-23-41(37)48-42;1-47(2)40-19-9-7-12-33(40)34-27-26-31(28-41(34)47)45-37-15-5-3-13-35(37)44(36-14-4-6-16-38(36)45)30-24-22-29(23-25-30)32-18-11-21-43-46(32)39-17-8-10-20-42(39)48-43;1-47(2)40-19-9-7-12-33(40)39-28-31(26-27-41(39)47)45-36-15-5-3-13-34(36)44(35-14-4-6-16-37(35)45)30-24-22-29(23-25-30)32-18-11-21-43-46(32)38-17-8-10-20-42(38)48-43/h3*3-28H,1-2H3/i3*3D,4D,5D,6D,13D,14D,15D,16D. The molecule has 30 rings (SSSR count). The predicted molar refractivity (Wildman–Crippen MR) is 608 cm³/mol. The van der Waals surface area contributed by atoms with Crippen molar-refractivity contribution in [2.45, 2.75) is 57.8 Å². The lowest BCUT2D eigenvalue weighted by molar-refractivity contribution is 0.660. The Morgan fingerprint density at radius 3 is 0.771 bits per heavy atom. The van der Waals surface area contributed by atoms with Crippen LogP contribution in [0.3, 0.4) is 0 Å². The summed E-state index contributed by atoms with van der Waals surface area (Å²) in [5.41, 5.74) is 27.3. The lowest BCUT2D eigenvalue weighted by Gasteiger charge is -2.23. The van der Waals surface area contributed by atoms with E-state index in [0.29, 0.717) is 66.8 Å². The van der Waals surface area contributed by atoms with Crippen molar-refractivity contribution in [2.75, 3.05) is 0 Å². The fraction of sp³-hybridized carbons (Fsp3) is 0.0638. The van der Waals surface area contributed by atoms with Gasteiger partial charge in [-0.2, -0.15) is 0 Å². The maximum Gasteiger partial charge on any atom is 0.136 e. The number of furan rings is 3. The van der Waals surface area contributed by atoms with Gasteiger partial charge < -0.3 is 13.3 Å². The third kappa shape index (κ3) is 12.9. The predicted octanol–water partition coefficient (Wildman–Crippen LogP) is 39.6. The van der Waals surface area contributed by atoms with Crippen LogP contribution in [0, 0.1) is 0 Å². The average Bonchev–Trinajstić information content (AvgIpc) is 1.12. The van der Waals surface area contributed by atoms with Crippen LogP contribution < -0.4 is 0 Å². The minimum absolute atomic E-state index is 0.195. The van der Waals surface area contributed by atoms with E-state index >= 15 is 0 Å². The van der Waals surface area contributed by atoms with Gasteiger partial charge in [0.1, 0.15) is 33.5 Å². The summed E-state index contributed by atoms with van der Waals surface area (Å²) in [6.07, 6.45) is 0. The summed E-state index contributed by atoms with van der Waals surface area (Å²) in [7, 11) is 0. The lowest BCUT2D eigenvalue weighted by Crippen LogP contribution is -2.14. The average molecular weight is 1860 g/mol. The molecule has 3 heterocycles. The Bertz CT molecular complexity index is 11400. The first-order chi connectivity index (χ1) is 80.7. The van der Waals surface area contributed by atoms with Crippen molar-refractivity contribution in [1.82, 2.24) is 0 Å². The maximum atomic E-state index is 9.47. The SMILES string of the molecule is [2H]c1c([2H])c([2H])c2c(-c3ccc4c(c3)-c3ccccc3C4(C)C)c3c([2H])c([2H])c([2H])c([2H])c3c(-c3ccc(-c4cccc5oc6ccccc6c45)cc3)c2c1[2H].[2H]c1c([2H])c([2H])c2c(-c3ccc4c(c3)C(C)(C)c3ccccc3-4)c3c([2H])c([2H])c([2H])c([2H])c3c(-c3ccc(-c4cccc5oc6ccccc6c45)cc3)c2c1[2H].[2H]c1c([2H])c([2H])c2c(-c3cccc4c3-c3ccccc3C4(C)C)c3c([2H])c([2H])c([2H])c([2H])c3c(-c3ccc(-c4cccc5oc6ccccc6c45)cc3)c2c1[2H]. The fourth-order valence-electron chi connectivity index (χ4n) is 23.8. The van der Waals surface area contributed by atoms with Gasteiger partial charge in [-0.3, -0.25) is 0 Å². The molecule has 24 aromatic carbocycles. The van der Waals surface area contributed by atoms with E-state index in [0.717, 1.165) is 155 Å². The second-order valence-corrected chi connectivity index (χ2v) is 39.1. The molecule has 0 unspecified atom stereocenters. The highest BCUT2D eigenvalue weighted by atomic mass is 16.3. The maximum absolute atomic E-state index is 9.47. The van der Waals surface area contributed by atoms with Gasteiger partial charge in [0.05, 0.1) is 32.9 Å². The molecule has 0 bridgehead atoms. The zero-order valence-corrected chi connectivity index (χ0v) is 78.9. The molecule has 0 amide bonds. The normalized spacial score (nSPS) is 15.7. The lowest BCUT2D eigenvalue weighted by atomic mass is 9.80. The van der Waals surface area contributed by atoms with E-state index in [2.05, 4.69) is 77.9 Å². The molecule has 678 valence electrons. The molecule has 0 saturated heterocycles. The van der Waals surface area contributed by atoms with Gasteiger partial charge in [0.2, 0.25) is 0 Å². The van der Waals surface area contributed by atoms with E-state index in [1.54, 1.807) is 0 Å². The van der Waals surface area contributed by atoms with Crippen LogP contribution >= 0.6 is 0 Å². The highest BCUT2D eigenvalue weighted by molar-refractivity contribution is 6.27. The van der Waals surface area contributed by atoms with Crippen LogP contribution in [0.2, 0.25) is 0 Å². The Labute approximate surface area is 869 Å². The van der Waals surface area contributed by atoms with Gasteiger partial charge in [0.25, 0.3) is 0 Å². The smallest absolute Gasteiger partial charge is 0.136 e. The van der Waals surface area contributed by atoms with E-state index in [9.17, 15) is 16.4 Å². The Kier molecular flexibility index (Phi) is 14.3. The van der Waals surface area contributed by atoms with E-state index in [4.69, 9.17) is 29.7 Å². The first-order valence-corrected chi connectivity index (χ1v) is 48.4. The van der Waals surface area contributed by atoms with Crippen molar-refractivity contribution in [3.05, 3.63) is 506 Å². The molecule has 3 aliphatic rings. The van der Waals surface area contributed by atoms with E-state index in [1.807, 2.05) is 291 Å². The van der Waals surface area contributed by atoms with Crippen LogP contribution in [-0.4, -0.2) is 0 Å². The van der Waals surface area contributed by atoms with Gasteiger partial charge in [0, 0.05) is 48.6 Å². The summed E-state index contributed by atoms with van der Waals surface area (Å²) in [6.45, 7) is 13.0. The monoisotopic (exact) mass is 1860 g/mol. The first-order valence-electron chi connectivity index (χ1n) is 60.4. The Hall–Kier alpha value is -17.8. The zero-order chi connectivity index (χ0) is 117. The Morgan fingerprint density at radius 2 is 0.389 bits per heavy atom. The zero-order valence-electron chi connectivity index (χ0n) is 103. The molecule has 27 aromatic rings. The highest BCUT2D eigenvalue weighted by Gasteiger charge is 2.40. The minimum atomic E-state index is -0.422. The number of para-hydroxylation sites is 3. The van der Waals surface area contributed by atoms with Crippen LogP contribution in [0.15, 0.2) is 486 Å². The number of hydrogen-bond acceptors (Lipinski definition) is 3. The van der Waals surface area contributed by atoms with Crippen LogP contribution in [0.5, 0.6) is 0 Å². The third-order valence-electron chi connectivity index (χ3n) is 30.4. The summed E-state index contributed by atoms with van der Waals surface area (Å²) in [5, 5.41) is 8.28. The topological polar surface area (TPSA) is 39.4 Å². The van der Waals surface area contributed by atoms with Crippen molar-refractivity contribution in [1.29, 1.82) is 0 Å². The molecule has 3 heteroatoms. The molecule has 3 aliphatic carbocycles. The molecule has 144 heavy (non-hydrogen) atoms. The quantitative estimate of drug-likeness (QED) is 0.135. The van der Waals surface area contributed by atoms with Crippen molar-refractivity contribution >= 4 is 130 Å². The van der Waals surface area contributed by atoms with E-state index in [1.165, 1.54) is 11.1 Å². The van der Waals surface area contributed by atoms with Gasteiger partial charge >= 0.3 is 0 Å². The number of rotatable bonds is 9. The molecule has 3 nitrogen and oxygen atoms in total. The summed E-state index contributed by atoms with van der Waals surface area (Å²) < 4.78 is 238. The molecule has 0 saturated carbocycles. The van der Waals surface area contributed by atoms with Gasteiger partial charge in [-0.25, -0.2) is 0 Å². The van der Waals surface area contributed by atoms with E-state index in [-0.39, 0.29) is 153 Å². The first kappa shape index (κ1) is 63.0. The Balaban J connectivity index is 0.000000117. The second kappa shape index (κ2) is 32.7. The molecule has 0 radical (unpaired) electrons. The summed E-state index contributed by atoms with van der Waals surface area (Å²) >= 11 is 0. The van der Waals surface area contributed by atoms with E-state index < -0.39 is 72.5 Å². The van der Waals surface area contributed by atoms with Gasteiger partial charge in [-0.1, -0.05) is 466 Å². The van der Waals surface area contributed by atoms with Gasteiger partial charge in [-0.05, 0) is 280 Å². The van der Waals surface area contributed by atoms with Crippen molar-refractivity contribution in [3.63, 3.8) is 0 Å². The molecule has 0 aliphatic heterocycles. The summed E-state index contributed by atoms with van der Waals surface area (Å²) in [5.74, 6) is 0. The molecule has 0 N–H and O–H groups in total. The Morgan fingerprint density at radius 1 is 0.153 bits per heavy atom. The second-order valence-electron chi connectivity index (χ2n) is 39.1. The van der Waals surface area contributed by atoms with Crippen LogP contribution in [0.4, 0.5) is 0 Å². The molecule has 0 spiro atoms. The van der Waals surface area contributed by atoms with Gasteiger partial charge in [0.15, 0.2) is 0 Å². The van der Waals surface area contributed by atoms with Gasteiger partial charge in [-0.15, -0.1) is 0 Å². The van der Waals surface area contributed by atoms with Crippen LogP contribution in [0.25, 0.3) is 264 Å². The van der Waals surface area contributed by atoms with Crippen LogP contribution in [0.1, 0.15) is 108 Å². The van der Waals surface area contributed by atoms with Crippen molar-refractivity contribution in [2.24, 2.45) is 0 Å². The fourth-order valence-corrected chi connectivity index (χ4v) is 23.8. The number of benzene rings is 24. The summed E-state index contributed by atoms with van der Waals surface area (Å²) in [6, 6.07) is 98.2. The number of fused-ring (bicyclic) bond motifs is 24. The van der Waals surface area contributed by atoms with Crippen LogP contribution in [-0.2, 0) is 16.2 Å².